The molecular weight excluding hydrogens is 210 g/mol. The van der Waals surface area contributed by atoms with Gasteiger partial charge in [-0.1, -0.05) is 18.1 Å². The standard InChI is InChI=1S/C15H25NO/c1-12-5-6-13-9-14(12)15(17-11-13)10-16-7-3-2-4-8-16/h5,13-15H,2-4,6-11H2,1H3. The van der Waals surface area contributed by atoms with Crippen molar-refractivity contribution in [1.29, 1.82) is 0 Å². The number of nitrogens with zero attached hydrogens (tertiary/aromatic N) is 1. The van der Waals surface area contributed by atoms with Crippen LogP contribution in [0.1, 0.15) is 39.0 Å². The highest BCUT2D eigenvalue weighted by atomic mass is 16.5. The van der Waals surface area contributed by atoms with E-state index < -0.39 is 0 Å². The third-order valence-corrected chi connectivity index (χ3v) is 4.83. The van der Waals surface area contributed by atoms with Crippen LogP contribution in [0, 0.1) is 11.8 Å². The van der Waals surface area contributed by atoms with Gasteiger partial charge in [0.25, 0.3) is 0 Å². The fourth-order valence-corrected chi connectivity index (χ4v) is 3.68. The summed E-state index contributed by atoms with van der Waals surface area (Å²) < 4.78 is 6.14. The normalized spacial score (nSPS) is 38.9. The Morgan fingerprint density at radius 2 is 2.12 bits per heavy atom. The fourth-order valence-electron chi connectivity index (χ4n) is 3.68. The minimum atomic E-state index is 0.473. The predicted octanol–water partition coefficient (Wildman–Crippen LogP) is 2.84. The van der Waals surface area contributed by atoms with Gasteiger partial charge in [0, 0.05) is 12.5 Å². The zero-order chi connectivity index (χ0) is 11.7. The van der Waals surface area contributed by atoms with E-state index in [0.29, 0.717) is 12.0 Å². The first-order valence-electron chi connectivity index (χ1n) is 7.33. The number of hydrogen-bond donors (Lipinski definition) is 0. The molecule has 1 aliphatic carbocycles. The molecule has 0 spiro atoms. The zero-order valence-electron chi connectivity index (χ0n) is 11.0. The fraction of sp³-hybridized carbons (Fsp3) is 0.867. The Labute approximate surface area is 105 Å². The van der Waals surface area contributed by atoms with E-state index in [-0.39, 0.29) is 0 Å². The molecule has 96 valence electrons. The summed E-state index contributed by atoms with van der Waals surface area (Å²) in [7, 11) is 0. The van der Waals surface area contributed by atoms with Crippen LogP contribution in [0.15, 0.2) is 11.6 Å². The second-order valence-corrected chi connectivity index (χ2v) is 6.13. The molecule has 3 atom stereocenters. The average Bonchev–Trinajstić information content (AvgIpc) is 2.38. The molecule has 17 heavy (non-hydrogen) atoms. The monoisotopic (exact) mass is 235 g/mol. The van der Waals surface area contributed by atoms with Crippen LogP contribution in [0.4, 0.5) is 0 Å². The Balaban J connectivity index is 1.62. The number of hydrogen-bond acceptors (Lipinski definition) is 2. The maximum Gasteiger partial charge on any atom is 0.0767 e. The first kappa shape index (κ1) is 11.7. The zero-order valence-corrected chi connectivity index (χ0v) is 11.0. The van der Waals surface area contributed by atoms with Gasteiger partial charge < -0.3 is 9.64 Å². The van der Waals surface area contributed by atoms with E-state index in [4.69, 9.17) is 4.74 Å². The lowest BCUT2D eigenvalue weighted by atomic mass is 9.77. The maximum atomic E-state index is 6.14. The third-order valence-electron chi connectivity index (χ3n) is 4.83. The second kappa shape index (κ2) is 5.11. The molecule has 0 saturated carbocycles. The molecule has 0 aromatic heterocycles. The summed E-state index contributed by atoms with van der Waals surface area (Å²) in [5.41, 5.74) is 1.59. The van der Waals surface area contributed by atoms with E-state index in [1.165, 1.54) is 51.7 Å². The SMILES string of the molecule is CC1=CCC2COC(CN3CCCCC3)C1C2. The molecule has 0 amide bonds. The summed E-state index contributed by atoms with van der Waals surface area (Å²) in [4.78, 5) is 2.62. The van der Waals surface area contributed by atoms with Crippen molar-refractivity contribution in [2.75, 3.05) is 26.2 Å². The molecule has 3 rings (SSSR count). The highest BCUT2D eigenvalue weighted by Crippen LogP contribution is 2.37. The van der Waals surface area contributed by atoms with E-state index in [1.54, 1.807) is 5.57 Å². The van der Waals surface area contributed by atoms with Crippen molar-refractivity contribution in [3.63, 3.8) is 0 Å². The quantitative estimate of drug-likeness (QED) is 0.682. The topological polar surface area (TPSA) is 12.5 Å². The minimum absolute atomic E-state index is 0.473. The first-order valence-corrected chi connectivity index (χ1v) is 7.33. The van der Waals surface area contributed by atoms with Crippen LogP contribution in [0.2, 0.25) is 0 Å². The number of likely N-dealkylation sites (tertiary alicyclic amines) is 1. The molecule has 2 aliphatic heterocycles. The molecule has 0 radical (unpaired) electrons. The molecule has 2 heterocycles. The molecule has 2 nitrogen and oxygen atoms in total. The van der Waals surface area contributed by atoms with Gasteiger partial charge in [0.1, 0.15) is 0 Å². The number of allylic oxidation sites excluding steroid dienone is 1. The van der Waals surface area contributed by atoms with Gasteiger partial charge in [0.05, 0.1) is 12.7 Å². The van der Waals surface area contributed by atoms with Gasteiger partial charge in [-0.25, -0.2) is 0 Å². The molecule has 0 N–H and O–H groups in total. The Morgan fingerprint density at radius 1 is 1.29 bits per heavy atom. The van der Waals surface area contributed by atoms with Crippen molar-refractivity contribution in [2.45, 2.75) is 45.1 Å². The molecule has 0 aromatic carbocycles. The molecule has 0 aromatic rings. The van der Waals surface area contributed by atoms with Crippen molar-refractivity contribution in [3.05, 3.63) is 11.6 Å². The lowest BCUT2D eigenvalue weighted by molar-refractivity contribution is -0.0650. The van der Waals surface area contributed by atoms with Gasteiger partial charge in [-0.2, -0.15) is 0 Å². The van der Waals surface area contributed by atoms with Gasteiger partial charge in [-0.15, -0.1) is 0 Å². The van der Waals surface area contributed by atoms with Gasteiger partial charge >= 0.3 is 0 Å². The number of rotatable bonds is 2. The molecule has 2 fully saturated rings. The Morgan fingerprint density at radius 3 is 2.94 bits per heavy atom. The predicted molar refractivity (Wildman–Crippen MR) is 70.0 cm³/mol. The highest BCUT2D eigenvalue weighted by Gasteiger charge is 2.35. The number of piperidine rings is 1. The summed E-state index contributed by atoms with van der Waals surface area (Å²) in [5, 5.41) is 0. The van der Waals surface area contributed by atoms with E-state index in [2.05, 4.69) is 17.9 Å². The van der Waals surface area contributed by atoms with Crippen molar-refractivity contribution >= 4 is 0 Å². The minimum Gasteiger partial charge on any atom is -0.376 e. The molecule has 3 aliphatic rings. The van der Waals surface area contributed by atoms with Gasteiger partial charge in [-0.3, -0.25) is 0 Å². The molecule has 2 saturated heterocycles. The summed E-state index contributed by atoms with van der Waals surface area (Å²) in [6, 6.07) is 0. The lowest BCUT2D eigenvalue weighted by Crippen LogP contribution is -2.45. The summed E-state index contributed by atoms with van der Waals surface area (Å²) >= 11 is 0. The number of fused-ring (bicyclic) bond motifs is 2. The molecular formula is C15H25NO. The van der Waals surface area contributed by atoms with E-state index in [1.807, 2.05) is 0 Å². The van der Waals surface area contributed by atoms with Gasteiger partial charge in [-0.05, 0) is 51.6 Å². The van der Waals surface area contributed by atoms with Crippen LogP contribution >= 0.6 is 0 Å². The van der Waals surface area contributed by atoms with E-state index in [9.17, 15) is 0 Å². The van der Waals surface area contributed by atoms with Crippen LogP contribution in [-0.2, 0) is 4.74 Å². The Hall–Kier alpha value is -0.340. The maximum absolute atomic E-state index is 6.14. The van der Waals surface area contributed by atoms with Crippen LogP contribution in [-0.4, -0.2) is 37.2 Å². The van der Waals surface area contributed by atoms with E-state index >= 15 is 0 Å². The van der Waals surface area contributed by atoms with Crippen molar-refractivity contribution in [3.8, 4) is 0 Å². The second-order valence-electron chi connectivity index (χ2n) is 6.13. The molecule has 3 unspecified atom stereocenters. The summed E-state index contributed by atoms with van der Waals surface area (Å²) in [5.74, 6) is 1.52. The molecule has 2 heteroatoms. The third kappa shape index (κ3) is 2.58. The average molecular weight is 235 g/mol. The van der Waals surface area contributed by atoms with Crippen molar-refractivity contribution < 1.29 is 4.74 Å². The van der Waals surface area contributed by atoms with Gasteiger partial charge in [0.15, 0.2) is 0 Å². The summed E-state index contributed by atoms with van der Waals surface area (Å²) in [6.07, 6.45) is 9.75. The Bertz CT molecular complexity index is 293. The van der Waals surface area contributed by atoms with Crippen LogP contribution in [0.3, 0.4) is 0 Å². The van der Waals surface area contributed by atoms with Crippen molar-refractivity contribution in [2.24, 2.45) is 11.8 Å². The molecule has 2 bridgehead atoms. The van der Waals surface area contributed by atoms with Crippen molar-refractivity contribution in [1.82, 2.24) is 4.90 Å². The summed E-state index contributed by atoms with van der Waals surface area (Å²) in [6.45, 7) is 7.05. The number of ether oxygens (including phenoxy) is 1. The Kier molecular flexibility index (Phi) is 3.53. The smallest absolute Gasteiger partial charge is 0.0767 e. The first-order chi connectivity index (χ1) is 8.33. The lowest BCUT2D eigenvalue weighted by Gasteiger charge is -2.42. The van der Waals surface area contributed by atoms with Crippen LogP contribution < -0.4 is 0 Å². The van der Waals surface area contributed by atoms with E-state index in [0.717, 1.165) is 12.5 Å². The largest absolute Gasteiger partial charge is 0.376 e. The van der Waals surface area contributed by atoms with Gasteiger partial charge in [0.2, 0.25) is 0 Å². The van der Waals surface area contributed by atoms with Crippen LogP contribution in [0.5, 0.6) is 0 Å². The highest BCUT2D eigenvalue weighted by molar-refractivity contribution is 5.12. The van der Waals surface area contributed by atoms with Crippen LogP contribution in [0.25, 0.3) is 0 Å².